The standard InChI is InChI=1S/C24H33N3O6S2/c1-17(2)15-22(26-34(29,30)21-9-5-18(3)6-10-21)24(28)25-20-8-7-19(4)23(16-20)35(31,32)27-11-13-33-14-12-27/h5-10,16-17,22,26H,11-15H2,1-4H3,(H,25,28)/t22-/m1/s1. The first-order chi connectivity index (χ1) is 16.4. The number of carbonyl (C=O) groups excluding carboxylic acids is 1. The van der Waals surface area contributed by atoms with Crippen molar-refractivity contribution in [3.05, 3.63) is 53.6 Å². The largest absolute Gasteiger partial charge is 0.379 e. The highest BCUT2D eigenvalue weighted by Crippen LogP contribution is 2.25. The molecule has 0 unspecified atom stereocenters. The number of benzene rings is 2. The summed E-state index contributed by atoms with van der Waals surface area (Å²) in [6, 6.07) is 9.96. The molecule has 1 heterocycles. The predicted molar refractivity (Wildman–Crippen MR) is 134 cm³/mol. The number of rotatable bonds is 9. The van der Waals surface area contributed by atoms with Crippen molar-refractivity contribution in [2.45, 2.75) is 49.9 Å². The Morgan fingerprint density at radius 2 is 1.63 bits per heavy atom. The fourth-order valence-electron chi connectivity index (χ4n) is 3.76. The van der Waals surface area contributed by atoms with E-state index in [1.165, 1.54) is 22.5 Å². The van der Waals surface area contributed by atoms with Crippen molar-refractivity contribution in [2.24, 2.45) is 5.92 Å². The summed E-state index contributed by atoms with van der Waals surface area (Å²) in [7, 11) is -7.71. The molecule has 0 aliphatic carbocycles. The second-order valence-electron chi connectivity index (χ2n) is 9.10. The molecule has 0 radical (unpaired) electrons. The number of anilines is 1. The lowest BCUT2D eigenvalue weighted by molar-refractivity contribution is -0.118. The Hall–Kier alpha value is -2.31. The van der Waals surface area contributed by atoms with Gasteiger partial charge in [0.15, 0.2) is 0 Å². The van der Waals surface area contributed by atoms with E-state index in [0.717, 1.165) is 5.56 Å². The maximum Gasteiger partial charge on any atom is 0.243 e. The summed E-state index contributed by atoms with van der Waals surface area (Å²) in [6.07, 6.45) is 0.266. The number of nitrogens with zero attached hydrogens (tertiary/aromatic N) is 1. The SMILES string of the molecule is Cc1ccc(S(=O)(=O)N[C@H](CC(C)C)C(=O)Nc2ccc(C)c(S(=O)(=O)N3CCOCC3)c2)cc1. The molecule has 9 nitrogen and oxygen atoms in total. The molecule has 1 saturated heterocycles. The zero-order chi connectivity index (χ0) is 25.8. The lowest BCUT2D eigenvalue weighted by atomic mass is 10.0. The number of aryl methyl sites for hydroxylation is 2. The van der Waals surface area contributed by atoms with Crippen LogP contribution in [0.25, 0.3) is 0 Å². The minimum Gasteiger partial charge on any atom is -0.379 e. The first kappa shape index (κ1) is 27.3. The van der Waals surface area contributed by atoms with Gasteiger partial charge in [0, 0.05) is 18.8 Å². The molecular weight excluding hydrogens is 490 g/mol. The third-order valence-electron chi connectivity index (χ3n) is 5.70. The van der Waals surface area contributed by atoms with Crippen LogP contribution in [0.4, 0.5) is 5.69 Å². The summed E-state index contributed by atoms with van der Waals surface area (Å²) < 4.78 is 61.3. The molecule has 0 aromatic heterocycles. The molecule has 1 amide bonds. The van der Waals surface area contributed by atoms with Crippen molar-refractivity contribution < 1.29 is 26.4 Å². The van der Waals surface area contributed by atoms with Crippen molar-refractivity contribution in [1.82, 2.24) is 9.03 Å². The summed E-state index contributed by atoms with van der Waals surface area (Å²) in [5, 5.41) is 2.70. The van der Waals surface area contributed by atoms with E-state index in [2.05, 4.69) is 10.0 Å². The van der Waals surface area contributed by atoms with E-state index in [9.17, 15) is 21.6 Å². The molecule has 2 N–H and O–H groups in total. The van der Waals surface area contributed by atoms with Gasteiger partial charge in [0.25, 0.3) is 0 Å². The topological polar surface area (TPSA) is 122 Å². The van der Waals surface area contributed by atoms with Gasteiger partial charge in [0.05, 0.1) is 23.0 Å². The lowest BCUT2D eigenvalue weighted by Gasteiger charge is -2.27. The van der Waals surface area contributed by atoms with Gasteiger partial charge in [-0.3, -0.25) is 4.79 Å². The summed E-state index contributed by atoms with van der Waals surface area (Å²) >= 11 is 0. The molecule has 0 bridgehead atoms. The molecule has 3 rings (SSSR count). The monoisotopic (exact) mass is 523 g/mol. The molecule has 1 fully saturated rings. The van der Waals surface area contributed by atoms with Crippen LogP contribution in [0.1, 0.15) is 31.4 Å². The fraction of sp³-hybridized carbons (Fsp3) is 0.458. The molecule has 0 spiro atoms. The second-order valence-corrected chi connectivity index (χ2v) is 12.7. The van der Waals surface area contributed by atoms with E-state index >= 15 is 0 Å². The van der Waals surface area contributed by atoms with Crippen LogP contribution in [0.3, 0.4) is 0 Å². The Kier molecular flexibility index (Phi) is 8.71. The number of amides is 1. The third-order valence-corrected chi connectivity index (χ3v) is 9.22. The van der Waals surface area contributed by atoms with Crippen molar-refractivity contribution in [2.75, 3.05) is 31.6 Å². The number of hydrogen-bond donors (Lipinski definition) is 2. The van der Waals surface area contributed by atoms with Crippen molar-refractivity contribution >= 4 is 31.6 Å². The highest BCUT2D eigenvalue weighted by Gasteiger charge is 2.30. The average Bonchev–Trinajstić information content (AvgIpc) is 2.80. The fourth-order valence-corrected chi connectivity index (χ4v) is 6.63. The van der Waals surface area contributed by atoms with Crippen LogP contribution in [-0.2, 0) is 29.6 Å². The lowest BCUT2D eigenvalue weighted by Crippen LogP contribution is -2.44. The zero-order valence-corrected chi connectivity index (χ0v) is 22.1. The molecular formula is C24H33N3O6S2. The van der Waals surface area contributed by atoms with Gasteiger partial charge in [-0.15, -0.1) is 0 Å². The van der Waals surface area contributed by atoms with Gasteiger partial charge in [0.2, 0.25) is 26.0 Å². The normalized spacial score (nSPS) is 16.3. The molecule has 1 aliphatic rings. The van der Waals surface area contributed by atoms with Gasteiger partial charge in [-0.2, -0.15) is 9.03 Å². The van der Waals surface area contributed by atoms with E-state index in [1.54, 1.807) is 31.2 Å². The Balaban J connectivity index is 1.83. The van der Waals surface area contributed by atoms with Gasteiger partial charge in [-0.25, -0.2) is 16.8 Å². The van der Waals surface area contributed by atoms with Crippen molar-refractivity contribution in [3.63, 3.8) is 0 Å². The first-order valence-electron chi connectivity index (χ1n) is 11.5. The molecule has 11 heteroatoms. The maximum absolute atomic E-state index is 13.2. The Labute approximate surface area is 208 Å². The highest BCUT2D eigenvalue weighted by atomic mass is 32.2. The highest BCUT2D eigenvalue weighted by molar-refractivity contribution is 7.89. The van der Waals surface area contributed by atoms with Gasteiger partial charge >= 0.3 is 0 Å². The Morgan fingerprint density at radius 1 is 1.00 bits per heavy atom. The molecule has 192 valence electrons. The van der Waals surface area contributed by atoms with Crippen molar-refractivity contribution in [1.29, 1.82) is 0 Å². The van der Waals surface area contributed by atoms with Crippen LogP contribution in [0, 0.1) is 19.8 Å². The zero-order valence-electron chi connectivity index (χ0n) is 20.4. The van der Waals surface area contributed by atoms with Crippen LogP contribution in [-0.4, -0.2) is 59.4 Å². The summed E-state index contributed by atoms with van der Waals surface area (Å²) in [6.45, 7) is 8.49. The van der Waals surface area contributed by atoms with Gasteiger partial charge in [0.1, 0.15) is 6.04 Å². The molecule has 2 aromatic carbocycles. The second kappa shape index (κ2) is 11.2. The molecule has 1 atom stereocenters. The van der Waals surface area contributed by atoms with Gasteiger partial charge < -0.3 is 10.1 Å². The van der Waals surface area contributed by atoms with E-state index in [1.807, 2.05) is 20.8 Å². The number of ether oxygens (including phenoxy) is 1. The number of hydrogen-bond acceptors (Lipinski definition) is 6. The minimum atomic E-state index is -3.94. The molecule has 2 aromatic rings. The Morgan fingerprint density at radius 3 is 2.23 bits per heavy atom. The maximum atomic E-state index is 13.2. The van der Waals surface area contributed by atoms with E-state index in [4.69, 9.17) is 4.74 Å². The average molecular weight is 524 g/mol. The summed E-state index contributed by atoms with van der Waals surface area (Å²) in [5.41, 5.74) is 1.74. The number of sulfonamides is 2. The quantitative estimate of drug-likeness (QED) is 0.521. The van der Waals surface area contributed by atoms with Gasteiger partial charge in [-0.05, 0) is 56.0 Å². The number of morpholine rings is 1. The van der Waals surface area contributed by atoms with E-state index in [-0.39, 0.29) is 40.9 Å². The van der Waals surface area contributed by atoms with Crippen LogP contribution in [0.15, 0.2) is 52.3 Å². The number of nitrogens with one attached hydrogen (secondary N) is 2. The van der Waals surface area contributed by atoms with Crippen molar-refractivity contribution in [3.8, 4) is 0 Å². The molecule has 35 heavy (non-hydrogen) atoms. The van der Waals surface area contributed by atoms with Crippen LogP contribution >= 0.6 is 0 Å². The van der Waals surface area contributed by atoms with Gasteiger partial charge in [-0.1, -0.05) is 37.6 Å². The summed E-state index contributed by atoms with van der Waals surface area (Å²) in [5.74, 6) is -0.533. The van der Waals surface area contributed by atoms with Crippen LogP contribution in [0.5, 0.6) is 0 Å². The molecule has 0 saturated carbocycles. The minimum absolute atomic E-state index is 0.0294. The van der Waals surface area contributed by atoms with Crippen LogP contribution < -0.4 is 10.0 Å². The first-order valence-corrected chi connectivity index (χ1v) is 14.4. The number of carbonyl (C=O) groups is 1. The molecule has 1 aliphatic heterocycles. The third kappa shape index (κ3) is 6.89. The van der Waals surface area contributed by atoms with Crippen LogP contribution in [0.2, 0.25) is 0 Å². The van der Waals surface area contributed by atoms with E-state index in [0.29, 0.717) is 18.8 Å². The smallest absolute Gasteiger partial charge is 0.243 e. The summed E-state index contributed by atoms with van der Waals surface area (Å²) in [4.78, 5) is 13.3. The van der Waals surface area contributed by atoms with E-state index < -0.39 is 32.0 Å². The Bertz CT molecular complexity index is 1250. The predicted octanol–water partition coefficient (Wildman–Crippen LogP) is 2.66.